The van der Waals surface area contributed by atoms with E-state index in [2.05, 4.69) is 39.5 Å². The summed E-state index contributed by atoms with van der Waals surface area (Å²) in [6, 6.07) is 18.5. The zero-order valence-corrected chi connectivity index (χ0v) is 17.5. The Morgan fingerprint density at radius 3 is 2.50 bits per heavy atom. The van der Waals surface area contributed by atoms with Crippen LogP contribution in [-0.4, -0.2) is 35.5 Å². The van der Waals surface area contributed by atoms with E-state index in [0.29, 0.717) is 11.4 Å². The van der Waals surface area contributed by atoms with E-state index < -0.39 is 0 Å². The molecular formula is C22H23N3OS2. The summed E-state index contributed by atoms with van der Waals surface area (Å²) in [6.07, 6.45) is 0. The van der Waals surface area contributed by atoms with E-state index in [4.69, 9.17) is 0 Å². The Labute approximate surface area is 174 Å². The molecular weight excluding hydrogens is 386 g/mol. The third kappa shape index (κ3) is 4.39. The molecule has 1 aliphatic heterocycles. The van der Waals surface area contributed by atoms with Crippen molar-refractivity contribution in [3.8, 4) is 10.6 Å². The number of nitrogens with one attached hydrogen (secondary N) is 1. The van der Waals surface area contributed by atoms with Gasteiger partial charge in [0.25, 0.3) is 5.91 Å². The molecule has 1 aliphatic rings. The quantitative estimate of drug-likeness (QED) is 0.669. The minimum Gasteiger partial charge on any atom is -0.370 e. The number of carbonyl (C=O) groups is 1. The number of aryl methyl sites for hydroxylation is 1. The lowest BCUT2D eigenvalue weighted by Crippen LogP contribution is -2.32. The van der Waals surface area contributed by atoms with Gasteiger partial charge in [-0.15, -0.1) is 11.3 Å². The second-order valence-electron chi connectivity index (χ2n) is 6.75. The highest BCUT2D eigenvalue weighted by Crippen LogP contribution is 2.27. The summed E-state index contributed by atoms with van der Waals surface area (Å²) >= 11 is 3.46. The van der Waals surface area contributed by atoms with Gasteiger partial charge in [-0.25, -0.2) is 4.98 Å². The molecule has 1 saturated heterocycles. The van der Waals surface area contributed by atoms with Crippen LogP contribution in [-0.2, 0) is 6.54 Å². The number of benzene rings is 2. The minimum absolute atomic E-state index is 0.0608. The summed E-state index contributed by atoms with van der Waals surface area (Å²) in [6.45, 7) is 4.63. The van der Waals surface area contributed by atoms with Crippen LogP contribution in [0.3, 0.4) is 0 Å². The van der Waals surface area contributed by atoms with Crippen molar-refractivity contribution >= 4 is 34.7 Å². The van der Waals surface area contributed by atoms with Crippen molar-refractivity contribution < 1.29 is 4.79 Å². The Kier molecular flexibility index (Phi) is 5.98. The summed E-state index contributed by atoms with van der Waals surface area (Å²) in [5, 5.41) is 3.92. The average Bonchev–Trinajstić information content (AvgIpc) is 3.15. The summed E-state index contributed by atoms with van der Waals surface area (Å²) < 4.78 is 0. The molecule has 4 rings (SSSR count). The standard InChI is InChI=1S/C22H23N3OS2/c1-16-20(28-22(24-16)18-5-3-2-4-6-18)21(26)23-15-17-7-9-19(10-8-17)25-11-13-27-14-12-25/h2-10H,11-15H2,1H3,(H,23,26). The van der Waals surface area contributed by atoms with E-state index in [1.807, 2.05) is 49.0 Å². The highest BCUT2D eigenvalue weighted by molar-refractivity contribution is 7.99. The van der Waals surface area contributed by atoms with Crippen molar-refractivity contribution in [2.45, 2.75) is 13.5 Å². The molecule has 0 unspecified atom stereocenters. The van der Waals surface area contributed by atoms with E-state index in [0.717, 1.165) is 34.9 Å². The lowest BCUT2D eigenvalue weighted by Gasteiger charge is -2.28. The summed E-state index contributed by atoms with van der Waals surface area (Å²) in [5.74, 6) is 2.32. The smallest absolute Gasteiger partial charge is 0.263 e. The maximum absolute atomic E-state index is 12.6. The fourth-order valence-electron chi connectivity index (χ4n) is 3.22. The fourth-order valence-corrected chi connectivity index (χ4v) is 5.11. The molecule has 0 spiro atoms. The number of hydrogen-bond donors (Lipinski definition) is 1. The van der Waals surface area contributed by atoms with Gasteiger partial charge < -0.3 is 10.2 Å². The summed E-state index contributed by atoms with van der Waals surface area (Å²) in [5.41, 5.74) is 4.19. The van der Waals surface area contributed by atoms with Gasteiger partial charge in [0.15, 0.2) is 0 Å². The number of anilines is 1. The Hall–Kier alpha value is -2.31. The number of amides is 1. The van der Waals surface area contributed by atoms with Gasteiger partial charge in [0, 0.05) is 42.4 Å². The van der Waals surface area contributed by atoms with Crippen LogP contribution < -0.4 is 10.2 Å². The molecule has 2 aromatic carbocycles. The van der Waals surface area contributed by atoms with Crippen LogP contribution in [0.2, 0.25) is 0 Å². The average molecular weight is 410 g/mol. The van der Waals surface area contributed by atoms with Gasteiger partial charge in [0.1, 0.15) is 9.88 Å². The second kappa shape index (κ2) is 8.80. The number of nitrogens with zero attached hydrogens (tertiary/aromatic N) is 2. The molecule has 2 heterocycles. The number of carbonyl (C=O) groups excluding carboxylic acids is 1. The van der Waals surface area contributed by atoms with Gasteiger partial charge in [0.05, 0.1) is 5.69 Å². The van der Waals surface area contributed by atoms with E-state index in [-0.39, 0.29) is 5.91 Å². The molecule has 3 aromatic rings. The van der Waals surface area contributed by atoms with Crippen LogP contribution in [0, 0.1) is 6.92 Å². The molecule has 0 radical (unpaired) electrons. The number of thiazole rings is 1. The molecule has 1 aromatic heterocycles. The molecule has 1 N–H and O–H groups in total. The van der Waals surface area contributed by atoms with E-state index >= 15 is 0 Å². The highest BCUT2D eigenvalue weighted by Gasteiger charge is 2.16. The van der Waals surface area contributed by atoms with Gasteiger partial charge in [-0.3, -0.25) is 4.79 Å². The number of aromatic nitrogens is 1. The number of hydrogen-bond acceptors (Lipinski definition) is 5. The molecule has 0 saturated carbocycles. The Morgan fingerprint density at radius 1 is 1.07 bits per heavy atom. The first kappa shape index (κ1) is 19.0. The van der Waals surface area contributed by atoms with E-state index in [1.54, 1.807) is 0 Å². The fraction of sp³-hybridized carbons (Fsp3) is 0.273. The summed E-state index contributed by atoms with van der Waals surface area (Å²) in [4.78, 5) is 20.3. The predicted molar refractivity (Wildman–Crippen MR) is 119 cm³/mol. The zero-order chi connectivity index (χ0) is 19.3. The van der Waals surface area contributed by atoms with Crippen LogP contribution in [0.25, 0.3) is 10.6 Å². The maximum atomic E-state index is 12.6. The Bertz CT molecular complexity index is 932. The lowest BCUT2D eigenvalue weighted by molar-refractivity contribution is 0.0954. The van der Waals surface area contributed by atoms with Crippen LogP contribution in [0.1, 0.15) is 20.9 Å². The minimum atomic E-state index is -0.0608. The van der Waals surface area contributed by atoms with Gasteiger partial charge in [-0.1, -0.05) is 42.5 Å². The Morgan fingerprint density at radius 2 is 1.79 bits per heavy atom. The Balaban J connectivity index is 1.38. The van der Waals surface area contributed by atoms with Gasteiger partial charge in [-0.2, -0.15) is 11.8 Å². The molecule has 1 fully saturated rings. The third-order valence-corrected chi connectivity index (χ3v) is 6.94. The molecule has 144 valence electrons. The highest BCUT2D eigenvalue weighted by atomic mass is 32.2. The van der Waals surface area contributed by atoms with E-state index in [9.17, 15) is 4.79 Å². The molecule has 28 heavy (non-hydrogen) atoms. The number of rotatable bonds is 5. The molecule has 0 bridgehead atoms. The van der Waals surface area contributed by atoms with Crippen molar-refractivity contribution in [1.82, 2.24) is 10.3 Å². The van der Waals surface area contributed by atoms with Crippen molar-refractivity contribution in [2.75, 3.05) is 29.5 Å². The van der Waals surface area contributed by atoms with Crippen LogP contribution in [0.4, 0.5) is 5.69 Å². The normalized spacial score (nSPS) is 14.1. The monoisotopic (exact) mass is 409 g/mol. The van der Waals surface area contributed by atoms with Crippen molar-refractivity contribution in [3.05, 3.63) is 70.7 Å². The SMILES string of the molecule is Cc1nc(-c2ccccc2)sc1C(=O)NCc1ccc(N2CCSCC2)cc1. The van der Waals surface area contributed by atoms with Crippen molar-refractivity contribution in [3.63, 3.8) is 0 Å². The van der Waals surface area contributed by atoms with Crippen LogP contribution in [0.5, 0.6) is 0 Å². The van der Waals surface area contributed by atoms with Gasteiger partial charge >= 0.3 is 0 Å². The first-order chi connectivity index (χ1) is 13.7. The molecule has 0 atom stereocenters. The van der Waals surface area contributed by atoms with Crippen molar-refractivity contribution in [2.24, 2.45) is 0 Å². The summed E-state index contributed by atoms with van der Waals surface area (Å²) in [7, 11) is 0. The van der Waals surface area contributed by atoms with Crippen molar-refractivity contribution in [1.29, 1.82) is 0 Å². The predicted octanol–water partition coefficient (Wildman–Crippen LogP) is 4.60. The lowest BCUT2D eigenvalue weighted by atomic mass is 10.2. The maximum Gasteiger partial charge on any atom is 0.263 e. The largest absolute Gasteiger partial charge is 0.370 e. The number of thioether (sulfide) groups is 1. The second-order valence-corrected chi connectivity index (χ2v) is 8.97. The van der Waals surface area contributed by atoms with E-state index in [1.165, 1.54) is 28.5 Å². The van der Waals surface area contributed by atoms with Gasteiger partial charge in [0.2, 0.25) is 0 Å². The third-order valence-electron chi connectivity index (χ3n) is 4.79. The first-order valence-corrected chi connectivity index (χ1v) is 11.4. The van der Waals surface area contributed by atoms with Gasteiger partial charge in [-0.05, 0) is 24.6 Å². The first-order valence-electron chi connectivity index (χ1n) is 9.43. The molecule has 0 aliphatic carbocycles. The molecule has 1 amide bonds. The molecule has 6 heteroatoms. The topological polar surface area (TPSA) is 45.2 Å². The zero-order valence-electron chi connectivity index (χ0n) is 15.9. The van der Waals surface area contributed by atoms with Crippen LogP contribution >= 0.6 is 23.1 Å². The van der Waals surface area contributed by atoms with Crippen LogP contribution in [0.15, 0.2) is 54.6 Å². The molecule has 4 nitrogen and oxygen atoms in total.